The van der Waals surface area contributed by atoms with E-state index in [9.17, 15) is 4.79 Å². The van der Waals surface area contributed by atoms with E-state index in [1.807, 2.05) is 22.9 Å². The molecule has 1 atom stereocenters. The normalized spacial score (nSPS) is 21.7. The fraction of sp³-hybridized carbons (Fsp3) is 0.500. The van der Waals surface area contributed by atoms with Gasteiger partial charge in [0.2, 0.25) is 5.91 Å². The smallest absolute Gasteiger partial charge is 0.244 e. The summed E-state index contributed by atoms with van der Waals surface area (Å²) in [5.41, 5.74) is 2.10. The summed E-state index contributed by atoms with van der Waals surface area (Å²) in [5, 5.41) is 3.04. The quantitative estimate of drug-likeness (QED) is 0.903. The first-order valence-electron chi connectivity index (χ1n) is 8.80. The van der Waals surface area contributed by atoms with Gasteiger partial charge in [0.1, 0.15) is 6.04 Å². The highest BCUT2D eigenvalue weighted by molar-refractivity contribution is 5.80. The molecule has 2 aliphatic heterocycles. The van der Waals surface area contributed by atoms with E-state index in [0.717, 1.165) is 43.9 Å². The first-order valence-corrected chi connectivity index (χ1v) is 8.80. The third kappa shape index (κ3) is 3.57. The van der Waals surface area contributed by atoms with E-state index in [-0.39, 0.29) is 11.9 Å². The molecule has 7 heteroatoms. The van der Waals surface area contributed by atoms with Crippen LogP contribution >= 0.6 is 0 Å². The lowest BCUT2D eigenvalue weighted by atomic mass is 10.0. The standard InChI is InChI=1S/C18H23N5O2/c24-18(21-9-14-2-1-5-19-8-14)17-12-22(15-3-6-25-7-4-15)11-16-10-20-13-23(16)17/h1-2,5,8,10,13,15,17H,3-4,6-7,9,11-12H2,(H,21,24)/t17-/m1/s1. The largest absolute Gasteiger partial charge is 0.381 e. The van der Waals surface area contributed by atoms with Crippen molar-refractivity contribution in [1.82, 2.24) is 24.8 Å². The van der Waals surface area contributed by atoms with Crippen molar-refractivity contribution in [3.63, 3.8) is 0 Å². The Hall–Kier alpha value is -2.25. The van der Waals surface area contributed by atoms with Crippen LogP contribution < -0.4 is 5.32 Å². The summed E-state index contributed by atoms with van der Waals surface area (Å²) in [4.78, 5) is 23.6. The molecule has 2 aromatic heterocycles. The Morgan fingerprint density at radius 3 is 2.96 bits per heavy atom. The highest BCUT2D eigenvalue weighted by Crippen LogP contribution is 2.26. The van der Waals surface area contributed by atoms with E-state index >= 15 is 0 Å². The van der Waals surface area contributed by atoms with Gasteiger partial charge in [-0.1, -0.05) is 6.07 Å². The average molecular weight is 341 g/mol. The van der Waals surface area contributed by atoms with Crippen molar-refractivity contribution in [2.75, 3.05) is 19.8 Å². The molecule has 1 saturated heterocycles. The number of pyridine rings is 1. The van der Waals surface area contributed by atoms with Crippen molar-refractivity contribution in [3.05, 3.63) is 48.3 Å². The van der Waals surface area contributed by atoms with Gasteiger partial charge in [-0.25, -0.2) is 4.98 Å². The molecule has 0 aliphatic carbocycles. The molecule has 1 amide bonds. The number of amides is 1. The van der Waals surface area contributed by atoms with E-state index in [1.165, 1.54) is 0 Å². The molecule has 0 unspecified atom stereocenters. The minimum absolute atomic E-state index is 0.0277. The molecule has 2 aromatic rings. The average Bonchev–Trinajstić information content (AvgIpc) is 3.15. The summed E-state index contributed by atoms with van der Waals surface area (Å²) in [6.07, 6.45) is 9.20. The number of aromatic nitrogens is 3. The highest BCUT2D eigenvalue weighted by Gasteiger charge is 2.33. The summed E-state index contributed by atoms with van der Waals surface area (Å²) in [6, 6.07) is 4.07. The van der Waals surface area contributed by atoms with Crippen LogP contribution in [0.5, 0.6) is 0 Å². The van der Waals surface area contributed by atoms with Crippen LogP contribution in [0.4, 0.5) is 0 Å². The van der Waals surface area contributed by atoms with Crippen molar-refractivity contribution in [2.24, 2.45) is 0 Å². The summed E-state index contributed by atoms with van der Waals surface area (Å²) in [5.74, 6) is 0.0277. The second kappa shape index (κ2) is 7.33. The molecule has 0 saturated carbocycles. The van der Waals surface area contributed by atoms with Gasteiger partial charge in [0.15, 0.2) is 0 Å². The van der Waals surface area contributed by atoms with Gasteiger partial charge in [-0.05, 0) is 24.5 Å². The molecule has 4 rings (SSSR count). The molecule has 2 aliphatic rings. The molecular weight excluding hydrogens is 318 g/mol. The number of nitrogens with one attached hydrogen (secondary N) is 1. The number of imidazole rings is 1. The Balaban J connectivity index is 1.46. The Morgan fingerprint density at radius 2 is 2.16 bits per heavy atom. The zero-order valence-corrected chi connectivity index (χ0v) is 14.2. The van der Waals surface area contributed by atoms with Crippen LogP contribution in [0.3, 0.4) is 0 Å². The third-order valence-electron chi connectivity index (χ3n) is 5.05. The molecular formula is C18H23N5O2. The summed E-state index contributed by atoms with van der Waals surface area (Å²) >= 11 is 0. The molecule has 1 fully saturated rings. The van der Waals surface area contributed by atoms with Gasteiger partial charge in [0.25, 0.3) is 0 Å². The van der Waals surface area contributed by atoms with Gasteiger partial charge >= 0.3 is 0 Å². The van der Waals surface area contributed by atoms with Gasteiger partial charge in [0.05, 0.1) is 12.0 Å². The van der Waals surface area contributed by atoms with Gasteiger partial charge in [-0.15, -0.1) is 0 Å². The zero-order chi connectivity index (χ0) is 17.1. The molecule has 0 spiro atoms. The predicted octanol–water partition coefficient (Wildman–Crippen LogP) is 1.13. The molecule has 1 N–H and O–H groups in total. The van der Waals surface area contributed by atoms with E-state index in [2.05, 4.69) is 20.2 Å². The molecule has 0 aromatic carbocycles. The Labute approximate surface area is 147 Å². The molecule has 4 heterocycles. The van der Waals surface area contributed by atoms with E-state index < -0.39 is 0 Å². The number of nitrogens with zero attached hydrogens (tertiary/aromatic N) is 4. The molecule has 132 valence electrons. The third-order valence-corrected chi connectivity index (χ3v) is 5.05. The van der Waals surface area contributed by atoms with Gasteiger partial charge in [-0.3, -0.25) is 14.7 Å². The minimum atomic E-state index is -0.245. The number of carbonyl (C=O) groups excluding carboxylic acids is 1. The van der Waals surface area contributed by atoms with Crippen LogP contribution in [0.2, 0.25) is 0 Å². The van der Waals surface area contributed by atoms with Gasteiger partial charge in [0, 0.05) is 57.5 Å². The number of rotatable bonds is 4. The number of hydrogen-bond acceptors (Lipinski definition) is 5. The molecule has 0 radical (unpaired) electrons. The first kappa shape index (κ1) is 16.2. The lowest BCUT2D eigenvalue weighted by molar-refractivity contribution is -0.126. The number of carbonyl (C=O) groups is 1. The molecule has 25 heavy (non-hydrogen) atoms. The maximum Gasteiger partial charge on any atom is 0.244 e. The Morgan fingerprint density at radius 1 is 1.28 bits per heavy atom. The van der Waals surface area contributed by atoms with Crippen LogP contribution in [0.15, 0.2) is 37.1 Å². The van der Waals surface area contributed by atoms with Crippen LogP contribution in [0, 0.1) is 0 Å². The summed E-state index contributed by atoms with van der Waals surface area (Å²) in [7, 11) is 0. The minimum Gasteiger partial charge on any atom is -0.381 e. The second-order valence-electron chi connectivity index (χ2n) is 6.66. The van der Waals surface area contributed by atoms with E-state index in [1.54, 1.807) is 18.7 Å². The van der Waals surface area contributed by atoms with Crippen molar-refractivity contribution < 1.29 is 9.53 Å². The van der Waals surface area contributed by atoms with Crippen molar-refractivity contribution in [1.29, 1.82) is 0 Å². The monoisotopic (exact) mass is 341 g/mol. The predicted molar refractivity (Wildman–Crippen MR) is 91.6 cm³/mol. The highest BCUT2D eigenvalue weighted by atomic mass is 16.5. The lowest BCUT2D eigenvalue weighted by Gasteiger charge is -2.40. The molecule has 0 bridgehead atoms. The maximum absolute atomic E-state index is 12.8. The Kier molecular flexibility index (Phi) is 4.76. The summed E-state index contributed by atoms with van der Waals surface area (Å²) in [6.45, 7) is 3.66. The van der Waals surface area contributed by atoms with Gasteiger partial charge < -0.3 is 14.6 Å². The zero-order valence-electron chi connectivity index (χ0n) is 14.2. The van der Waals surface area contributed by atoms with Crippen LogP contribution in [0.1, 0.15) is 30.1 Å². The second-order valence-corrected chi connectivity index (χ2v) is 6.66. The maximum atomic E-state index is 12.8. The van der Waals surface area contributed by atoms with Gasteiger partial charge in [-0.2, -0.15) is 0 Å². The van der Waals surface area contributed by atoms with E-state index in [4.69, 9.17) is 4.74 Å². The fourth-order valence-electron chi connectivity index (χ4n) is 3.67. The van der Waals surface area contributed by atoms with Crippen LogP contribution in [-0.2, 0) is 22.6 Å². The van der Waals surface area contributed by atoms with Crippen molar-refractivity contribution in [2.45, 2.75) is 38.0 Å². The number of ether oxygens (including phenoxy) is 1. The Bertz CT molecular complexity index is 711. The number of hydrogen-bond donors (Lipinski definition) is 1. The first-order chi connectivity index (χ1) is 12.3. The SMILES string of the molecule is O=C(NCc1cccnc1)[C@H]1CN(C2CCOCC2)Cc2cncn21. The molecule has 7 nitrogen and oxygen atoms in total. The topological polar surface area (TPSA) is 72.3 Å². The number of fused-ring (bicyclic) bond motifs is 1. The van der Waals surface area contributed by atoms with Crippen LogP contribution in [-0.4, -0.2) is 51.1 Å². The lowest BCUT2D eigenvalue weighted by Crippen LogP contribution is -2.49. The van der Waals surface area contributed by atoms with E-state index in [0.29, 0.717) is 19.1 Å². The summed E-state index contributed by atoms with van der Waals surface area (Å²) < 4.78 is 7.49. The van der Waals surface area contributed by atoms with Crippen molar-refractivity contribution >= 4 is 5.91 Å². The van der Waals surface area contributed by atoms with Crippen molar-refractivity contribution in [3.8, 4) is 0 Å². The fourth-order valence-corrected chi connectivity index (χ4v) is 3.67. The van der Waals surface area contributed by atoms with Crippen LogP contribution in [0.25, 0.3) is 0 Å².